The lowest BCUT2D eigenvalue weighted by Gasteiger charge is -1.98. The van der Waals surface area contributed by atoms with E-state index in [0.717, 1.165) is 23.8 Å². The van der Waals surface area contributed by atoms with Crippen molar-refractivity contribution in [3.05, 3.63) is 78.4 Å². The standard InChI is InChI=1S/C10H10O.C6H6O/c1-2-5-9-6-3-4-7-10(9)8-11;7-6-4-2-1-3-5-6/h2-4,6-8H,1,5H2;1-5,7H. The van der Waals surface area contributed by atoms with Crippen LogP contribution in [0.5, 0.6) is 5.75 Å². The van der Waals surface area contributed by atoms with Gasteiger partial charge in [-0.1, -0.05) is 48.5 Å². The molecule has 0 aromatic heterocycles. The van der Waals surface area contributed by atoms with E-state index in [0.29, 0.717) is 5.75 Å². The van der Waals surface area contributed by atoms with Gasteiger partial charge >= 0.3 is 0 Å². The lowest BCUT2D eigenvalue weighted by molar-refractivity contribution is 0.112. The molecule has 0 radical (unpaired) electrons. The molecule has 92 valence electrons. The SMILES string of the molecule is C=CCc1ccccc1C=O.Oc1ccccc1. The summed E-state index contributed by atoms with van der Waals surface area (Å²) in [4.78, 5) is 10.5. The second-order valence-electron chi connectivity index (χ2n) is 3.65. The van der Waals surface area contributed by atoms with Gasteiger partial charge in [0.05, 0.1) is 0 Å². The van der Waals surface area contributed by atoms with Crippen molar-refractivity contribution in [1.82, 2.24) is 0 Å². The number of para-hydroxylation sites is 1. The van der Waals surface area contributed by atoms with Crippen LogP contribution in [0, 0.1) is 0 Å². The first-order valence-corrected chi connectivity index (χ1v) is 5.66. The van der Waals surface area contributed by atoms with Crippen LogP contribution < -0.4 is 0 Å². The molecule has 0 amide bonds. The van der Waals surface area contributed by atoms with Crippen LogP contribution in [0.15, 0.2) is 67.3 Å². The molecular weight excluding hydrogens is 224 g/mol. The Labute approximate surface area is 107 Å². The molecule has 2 heteroatoms. The number of hydrogen-bond acceptors (Lipinski definition) is 2. The number of benzene rings is 2. The molecule has 2 aromatic carbocycles. The Morgan fingerprint density at radius 2 is 1.61 bits per heavy atom. The third kappa shape index (κ3) is 4.66. The Balaban J connectivity index is 0.000000199. The van der Waals surface area contributed by atoms with Crippen LogP contribution in [0.2, 0.25) is 0 Å². The Bertz CT molecular complexity index is 489. The first kappa shape index (κ1) is 13.7. The normalized spacial score (nSPS) is 8.89. The molecule has 0 heterocycles. The summed E-state index contributed by atoms with van der Waals surface area (Å²) in [6.07, 6.45) is 3.43. The van der Waals surface area contributed by atoms with Crippen molar-refractivity contribution in [2.24, 2.45) is 0 Å². The van der Waals surface area contributed by atoms with E-state index in [2.05, 4.69) is 6.58 Å². The Morgan fingerprint density at radius 1 is 1.00 bits per heavy atom. The van der Waals surface area contributed by atoms with E-state index in [1.54, 1.807) is 30.3 Å². The molecule has 0 unspecified atom stereocenters. The van der Waals surface area contributed by atoms with Gasteiger partial charge in [-0.05, 0) is 24.1 Å². The average Bonchev–Trinajstić information content (AvgIpc) is 2.41. The zero-order valence-corrected chi connectivity index (χ0v) is 10.1. The van der Waals surface area contributed by atoms with Gasteiger partial charge < -0.3 is 5.11 Å². The second-order valence-corrected chi connectivity index (χ2v) is 3.65. The highest BCUT2D eigenvalue weighted by Gasteiger charge is 1.95. The number of phenols is 1. The summed E-state index contributed by atoms with van der Waals surface area (Å²) in [6, 6.07) is 16.2. The number of allylic oxidation sites excluding steroid dienone is 1. The minimum absolute atomic E-state index is 0.322. The Morgan fingerprint density at radius 3 is 2.11 bits per heavy atom. The van der Waals surface area contributed by atoms with Crippen molar-refractivity contribution in [3.63, 3.8) is 0 Å². The summed E-state index contributed by atoms with van der Waals surface area (Å²) in [5, 5.41) is 8.63. The molecule has 0 saturated carbocycles. The second kappa shape index (κ2) is 7.85. The third-order valence-corrected chi connectivity index (χ3v) is 2.30. The molecule has 0 aliphatic heterocycles. The van der Waals surface area contributed by atoms with Crippen molar-refractivity contribution in [1.29, 1.82) is 0 Å². The van der Waals surface area contributed by atoms with Crippen LogP contribution in [0.25, 0.3) is 0 Å². The number of rotatable bonds is 3. The number of hydrogen-bond donors (Lipinski definition) is 1. The lowest BCUT2D eigenvalue weighted by atomic mass is 10.1. The fourth-order valence-corrected chi connectivity index (χ4v) is 1.42. The zero-order valence-electron chi connectivity index (χ0n) is 10.1. The fourth-order valence-electron chi connectivity index (χ4n) is 1.42. The van der Waals surface area contributed by atoms with Crippen molar-refractivity contribution in [2.75, 3.05) is 0 Å². The van der Waals surface area contributed by atoms with E-state index in [4.69, 9.17) is 5.11 Å². The number of carbonyl (C=O) groups is 1. The average molecular weight is 240 g/mol. The first-order valence-electron chi connectivity index (χ1n) is 5.66. The molecule has 0 saturated heterocycles. The summed E-state index contributed by atoms with van der Waals surface area (Å²) in [7, 11) is 0. The van der Waals surface area contributed by atoms with Gasteiger partial charge in [-0.2, -0.15) is 0 Å². The van der Waals surface area contributed by atoms with E-state index in [1.807, 2.05) is 30.3 Å². The predicted molar refractivity (Wildman–Crippen MR) is 73.8 cm³/mol. The van der Waals surface area contributed by atoms with Crippen LogP contribution >= 0.6 is 0 Å². The highest BCUT2D eigenvalue weighted by atomic mass is 16.3. The summed E-state index contributed by atoms with van der Waals surface area (Å²) in [5.41, 5.74) is 1.80. The molecular formula is C16H16O2. The van der Waals surface area contributed by atoms with Crippen molar-refractivity contribution < 1.29 is 9.90 Å². The molecule has 1 N–H and O–H groups in total. The van der Waals surface area contributed by atoms with E-state index >= 15 is 0 Å². The molecule has 0 aliphatic carbocycles. The molecule has 2 aromatic rings. The highest BCUT2D eigenvalue weighted by molar-refractivity contribution is 5.77. The maximum atomic E-state index is 10.5. The van der Waals surface area contributed by atoms with E-state index in [-0.39, 0.29) is 0 Å². The van der Waals surface area contributed by atoms with Gasteiger partial charge in [0, 0.05) is 5.56 Å². The van der Waals surface area contributed by atoms with Crippen molar-refractivity contribution >= 4 is 6.29 Å². The monoisotopic (exact) mass is 240 g/mol. The topological polar surface area (TPSA) is 37.3 Å². The summed E-state index contributed by atoms with van der Waals surface area (Å²) in [5.74, 6) is 0.322. The van der Waals surface area contributed by atoms with Gasteiger partial charge in [-0.3, -0.25) is 4.79 Å². The minimum atomic E-state index is 0.322. The lowest BCUT2D eigenvalue weighted by Crippen LogP contribution is -1.88. The number of carbonyl (C=O) groups excluding carboxylic acids is 1. The molecule has 0 spiro atoms. The number of aromatic hydroxyl groups is 1. The fraction of sp³-hybridized carbons (Fsp3) is 0.0625. The van der Waals surface area contributed by atoms with Crippen LogP contribution in [0.1, 0.15) is 15.9 Å². The van der Waals surface area contributed by atoms with Crippen molar-refractivity contribution in [2.45, 2.75) is 6.42 Å². The van der Waals surface area contributed by atoms with Crippen molar-refractivity contribution in [3.8, 4) is 5.75 Å². The maximum absolute atomic E-state index is 10.5. The van der Waals surface area contributed by atoms with Crippen LogP contribution in [0.3, 0.4) is 0 Å². The molecule has 0 atom stereocenters. The summed E-state index contributed by atoms with van der Waals surface area (Å²) in [6.45, 7) is 3.62. The van der Waals surface area contributed by atoms with Crippen LogP contribution in [0.4, 0.5) is 0 Å². The first-order chi connectivity index (χ1) is 8.77. The molecule has 2 nitrogen and oxygen atoms in total. The molecule has 2 rings (SSSR count). The van der Waals surface area contributed by atoms with E-state index < -0.39 is 0 Å². The van der Waals surface area contributed by atoms with Gasteiger partial charge in [0.25, 0.3) is 0 Å². The van der Waals surface area contributed by atoms with Gasteiger partial charge in [0.2, 0.25) is 0 Å². The number of aldehydes is 1. The van der Waals surface area contributed by atoms with Gasteiger partial charge in [-0.25, -0.2) is 0 Å². The van der Waals surface area contributed by atoms with E-state index in [1.165, 1.54) is 0 Å². The minimum Gasteiger partial charge on any atom is -0.508 e. The third-order valence-electron chi connectivity index (χ3n) is 2.30. The predicted octanol–water partition coefficient (Wildman–Crippen LogP) is 3.62. The highest BCUT2D eigenvalue weighted by Crippen LogP contribution is 2.06. The van der Waals surface area contributed by atoms with E-state index in [9.17, 15) is 4.79 Å². The molecule has 0 bridgehead atoms. The molecule has 0 aliphatic rings. The Hall–Kier alpha value is -2.35. The largest absolute Gasteiger partial charge is 0.508 e. The van der Waals surface area contributed by atoms with Crippen LogP contribution in [-0.2, 0) is 6.42 Å². The number of phenolic OH excluding ortho intramolecular Hbond substituents is 1. The zero-order chi connectivity index (χ0) is 13.2. The Kier molecular flexibility index (Phi) is 5.98. The smallest absolute Gasteiger partial charge is 0.150 e. The van der Waals surface area contributed by atoms with Gasteiger partial charge in [0.15, 0.2) is 0 Å². The maximum Gasteiger partial charge on any atom is 0.150 e. The quantitative estimate of drug-likeness (QED) is 0.657. The molecule has 0 fully saturated rings. The van der Waals surface area contributed by atoms with Crippen LogP contribution in [-0.4, -0.2) is 11.4 Å². The summed E-state index contributed by atoms with van der Waals surface area (Å²) < 4.78 is 0. The molecule has 18 heavy (non-hydrogen) atoms. The van der Waals surface area contributed by atoms with Gasteiger partial charge in [0.1, 0.15) is 12.0 Å². The summed E-state index contributed by atoms with van der Waals surface area (Å²) >= 11 is 0. The van der Waals surface area contributed by atoms with Gasteiger partial charge in [-0.15, -0.1) is 6.58 Å².